The summed E-state index contributed by atoms with van der Waals surface area (Å²) in [6.45, 7) is 6.25. The van der Waals surface area contributed by atoms with E-state index >= 15 is 0 Å². The molecule has 8 nitrogen and oxygen atoms in total. The van der Waals surface area contributed by atoms with Crippen LogP contribution in [-0.4, -0.2) is 40.6 Å². The molecule has 2 aromatic carbocycles. The van der Waals surface area contributed by atoms with Gasteiger partial charge >= 0.3 is 0 Å². The first-order valence-electron chi connectivity index (χ1n) is 10.2. The van der Waals surface area contributed by atoms with Gasteiger partial charge in [-0.15, -0.1) is 16.8 Å². The number of hydrogen-bond acceptors (Lipinski definition) is 7. The molecule has 0 bridgehead atoms. The van der Waals surface area contributed by atoms with Crippen molar-refractivity contribution in [3.8, 4) is 23.1 Å². The summed E-state index contributed by atoms with van der Waals surface area (Å²) in [6.07, 6.45) is 1.75. The van der Waals surface area contributed by atoms with E-state index in [1.54, 1.807) is 20.3 Å². The van der Waals surface area contributed by atoms with Crippen LogP contribution < -0.4 is 14.8 Å². The van der Waals surface area contributed by atoms with Gasteiger partial charge in [-0.05, 0) is 36.8 Å². The van der Waals surface area contributed by atoms with E-state index in [1.165, 1.54) is 11.8 Å². The highest BCUT2D eigenvalue weighted by molar-refractivity contribution is 7.99. The molecule has 1 N–H and O–H groups in total. The van der Waals surface area contributed by atoms with Crippen LogP contribution in [0, 0.1) is 6.92 Å². The summed E-state index contributed by atoms with van der Waals surface area (Å²) in [5.74, 6) is 2.34. The number of benzene rings is 2. The highest BCUT2D eigenvalue weighted by Crippen LogP contribution is 2.34. The second kappa shape index (κ2) is 9.83. The van der Waals surface area contributed by atoms with E-state index in [2.05, 4.69) is 22.1 Å². The molecule has 33 heavy (non-hydrogen) atoms. The number of methoxy groups -OCH3 is 2. The van der Waals surface area contributed by atoms with E-state index in [4.69, 9.17) is 13.9 Å². The van der Waals surface area contributed by atoms with Crippen LogP contribution in [0.15, 0.2) is 64.7 Å². The van der Waals surface area contributed by atoms with Crippen molar-refractivity contribution in [1.29, 1.82) is 0 Å². The Labute approximate surface area is 195 Å². The normalized spacial score (nSPS) is 10.9. The SMILES string of the molecule is C=CCn1c(SCC(=O)Nc2cc(C)ccc2OC)nnc1-c1cc2cccc(OC)c2o1. The number of thioether (sulfide) groups is 1. The lowest BCUT2D eigenvalue weighted by Crippen LogP contribution is -2.15. The molecular weight excluding hydrogens is 440 g/mol. The number of anilines is 1. The van der Waals surface area contributed by atoms with Crippen LogP contribution in [0.5, 0.6) is 11.5 Å². The van der Waals surface area contributed by atoms with Gasteiger partial charge in [0.1, 0.15) is 5.75 Å². The predicted molar refractivity (Wildman–Crippen MR) is 129 cm³/mol. The van der Waals surface area contributed by atoms with E-state index in [0.29, 0.717) is 46.1 Å². The molecule has 0 aliphatic heterocycles. The zero-order chi connectivity index (χ0) is 23.4. The van der Waals surface area contributed by atoms with Crippen LogP contribution in [0.2, 0.25) is 0 Å². The Morgan fingerprint density at radius 2 is 2.00 bits per heavy atom. The Bertz CT molecular complexity index is 1310. The first-order valence-corrected chi connectivity index (χ1v) is 11.2. The van der Waals surface area contributed by atoms with Crippen molar-refractivity contribution < 1.29 is 18.7 Å². The fourth-order valence-corrected chi connectivity index (χ4v) is 4.16. The van der Waals surface area contributed by atoms with E-state index < -0.39 is 0 Å². The number of ether oxygens (including phenoxy) is 2. The Morgan fingerprint density at radius 1 is 1.18 bits per heavy atom. The van der Waals surface area contributed by atoms with Crippen LogP contribution in [0.25, 0.3) is 22.6 Å². The number of carbonyl (C=O) groups excluding carboxylic acids is 1. The smallest absolute Gasteiger partial charge is 0.234 e. The molecule has 0 fully saturated rings. The monoisotopic (exact) mass is 464 g/mol. The lowest BCUT2D eigenvalue weighted by molar-refractivity contribution is -0.113. The summed E-state index contributed by atoms with van der Waals surface area (Å²) in [4.78, 5) is 12.6. The second-order valence-electron chi connectivity index (χ2n) is 7.24. The topological polar surface area (TPSA) is 91.4 Å². The molecule has 0 spiro atoms. The third-order valence-corrected chi connectivity index (χ3v) is 5.90. The first-order chi connectivity index (χ1) is 16.0. The van der Waals surface area contributed by atoms with Crippen molar-refractivity contribution in [3.63, 3.8) is 0 Å². The zero-order valence-electron chi connectivity index (χ0n) is 18.6. The molecule has 0 saturated heterocycles. The second-order valence-corrected chi connectivity index (χ2v) is 8.18. The van der Waals surface area contributed by atoms with E-state index in [-0.39, 0.29) is 11.7 Å². The third-order valence-electron chi connectivity index (χ3n) is 4.94. The number of para-hydroxylation sites is 1. The minimum Gasteiger partial charge on any atom is -0.495 e. The molecule has 4 aromatic rings. The van der Waals surface area contributed by atoms with E-state index in [9.17, 15) is 4.79 Å². The van der Waals surface area contributed by atoms with Gasteiger partial charge in [0.15, 0.2) is 22.2 Å². The molecule has 2 aromatic heterocycles. The fourth-order valence-electron chi connectivity index (χ4n) is 3.41. The largest absolute Gasteiger partial charge is 0.495 e. The van der Waals surface area contributed by atoms with Crippen molar-refractivity contribution >= 4 is 34.3 Å². The lowest BCUT2D eigenvalue weighted by Gasteiger charge is -2.11. The number of allylic oxidation sites excluding steroid dienone is 1. The van der Waals surface area contributed by atoms with Gasteiger partial charge in [0, 0.05) is 11.9 Å². The first kappa shape index (κ1) is 22.5. The predicted octanol–water partition coefficient (Wildman–Crippen LogP) is 4.93. The average molecular weight is 465 g/mol. The number of amides is 1. The van der Waals surface area contributed by atoms with Crippen molar-refractivity contribution in [2.45, 2.75) is 18.6 Å². The molecule has 4 rings (SSSR count). The number of hydrogen-bond donors (Lipinski definition) is 1. The maximum absolute atomic E-state index is 12.6. The molecule has 0 aliphatic rings. The summed E-state index contributed by atoms with van der Waals surface area (Å²) in [5.41, 5.74) is 2.30. The minimum absolute atomic E-state index is 0.153. The van der Waals surface area contributed by atoms with Crippen LogP contribution >= 0.6 is 11.8 Å². The fraction of sp³-hybridized carbons (Fsp3) is 0.208. The van der Waals surface area contributed by atoms with Gasteiger partial charge < -0.3 is 19.2 Å². The molecule has 0 aliphatic carbocycles. The number of aryl methyl sites for hydroxylation is 1. The summed E-state index contributed by atoms with van der Waals surface area (Å²) in [7, 11) is 3.17. The molecule has 0 atom stereocenters. The van der Waals surface area contributed by atoms with Gasteiger partial charge in [0.25, 0.3) is 0 Å². The summed E-state index contributed by atoms with van der Waals surface area (Å²) < 4.78 is 18.6. The highest BCUT2D eigenvalue weighted by atomic mass is 32.2. The quantitative estimate of drug-likeness (QED) is 0.277. The Morgan fingerprint density at radius 3 is 2.76 bits per heavy atom. The minimum atomic E-state index is -0.174. The molecule has 0 unspecified atom stereocenters. The van der Waals surface area contributed by atoms with E-state index in [0.717, 1.165) is 10.9 Å². The molecule has 0 radical (unpaired) electrons. The molecule has 9 heteroatoms. The Kier molecular flexibility index (Phi) is 6.69. The molecule has 170 valence electrons. The van der Waals surface area contributed by atoms with Crippen molar-refractivity contribution in [2.75, 3.05) is 25.3 Å². The van der Waals surface area contributed by atoms with Gasteiger partial charge in [0.2, 0.25) is 11.7 Å². The summed E-state index contributed by atoms with van der Waals surface area (Å²) in [5, 5.41) is 13.0. The third kappa shape index (κ3) is 4.73. The van der Waals surface area contributed by atoms with Gasteiger partial charge in [-0.1, -0.05) is 36.0 Å². The van der Waals surface area contributed by atoms with Gasteiger partial charge in [-0.3, -0.25) is 9.36 Å². The number of nitrogens with one attached hydrogen (secondary N) is 1. The van der Waals surface area contributed by atoms with Crippen molar-refractivity contribution in [2.24, 2.45) is 0 Å². The molecule has 0 saturated carbocycles. The van der Waals surface area contributed by atoms with Gasteiger partial charge in [-0.25, -0.2) is 0 Å². The molecule has 2 heterocycles. The number of fused-ring (bicyclic) bond motifs is 1. The number of rotatable bonds is 9. The number of nitrogens with zero attached hydrogens (tertiary/aromatic N) is 3. The Hall–Kier alpha value is -3.72. The Balaban J connectivity index is 1.54. The van der Waals surface area contributed by atoms with Gasteiger partial charge in [0.05, 0.1) is 25.7 Å². The number of aromatic nitrogens is 3. The summed E-state index contributed by atoms with van der Waals surface area (Å²) >= 11 is 1.28. The van der Waals surface area contributed by atoms with Crippen LogP contribution in [0.4, 0.5) is 5.69 Å². The summed E-state index contributed by atoms with van der Waals surface area (Å²) in [6, 6.07) is 13.2. The lowest BCUT2D eigenvalue weighted by atomic mass is 10.2. The molecular formula is C24H24N4O4S. The van der Waals surface area contributed by atoms with Crippen molar-refractivity contribution in [3.05, 3.63) is 60.7 Å². The zero-order valence-corrected chi connectivity index (χ0v) is 19.4. The van der Waals surface area contributed by atoms with Crippen molar-refractivity contribution in [1.82, 2.24) is 14.8 Å². The van der Waals surface area contributed by atoms with Crippen LogP contribution in [-0.2, 0) is 11.3 Å². The van der Waals surface area contributed by atoms with E-state index in [1.807, 2.05) is 54.0 Å². The number of carbonyl (C=O) groups is 1. The van der Waals surface area contributed by atoms with Crippen LogP contribution in [0.1, 0.15) is 5.56 Å². The number of furan rings is 1. The standard InChI is InChI=1S/C24H24N4O4S/c1-5-11-28-23(20-13-16-7-6-8-19(31-4)22(16)32-20)26-27-24(28)33-14-21(29)25-17-12-15(2)9-10-18(17)30-3/h5-10,12-13H,1,11,14H2,2-4H3,(H,25,29). The maximum atomic E-state index is 12.6. The highest BCUT2D eigenvalue weighted by Gasteiger charge is 2.19. The molecule has 1 amide bonds. The van der Waals surface area contributed by atoms with Gasteiger partial charge in [-0.2, -0.15) is 0 Å². The maximum Gasteiger partial charge on any atom is 0.234 e. The van der Waals surface area contributed by atoms with Crippen LogP contribution in [0.3, 0.4) is 0 Å². The average Bonchev–Trinajstić information content (AvgIpc) is 3.42.